The minimum absolute atomic E-state index is 0.141. The first-order chi connectivity index (χ1) is 17.3. The van der Waals surface area contributed by atoms with Gasteiger partial charge < -0.3 is 10.1 Å². The summed E-state index contributed by atoms with van der Waals surface area (Å²) in [5.41, 5.74) is 4.92. The van der Waals surface area contributed by atoms with Gasteiger partial charge in [-0.25, -0.2) is 8.42 Å². The molecule has 0 radical (unpaired) electrons. The zero-order valence-corrected chi connectivity index (χ0v) is 22.0. The molecule has 4 rings (SSSR count). The lowest BCUT2D eigenvalue weighted by Gasteiger charge is -2.35. The summed E-state index contributed by atoms with van der Waals surface area (Å²) in [5.74, 6) is 0.258. The van der Waals surface area contributed by atoms with Gasteiger partial charge in [0.25, 0.3) is 0 Å². The van der Waals surface area contributed by atoms with Crippen molar-refractivity contribution in [1.82, 2.24) is 9.62 Å². The summed E-state index contributed by atoms with van der Waals surface area (Å²) in [6, 6.07) is 20.4. The van der Waals surface area contributed by atoms with E-state index in [0.29, 0.717) is 18.7 Å². The van der Waals surface area contributed by atoms with Crippen LogP contribution in [0.5, 0.6) is 5.75 Å². The molecule has 3 aromatic carbocycles. The Labute approximate surface area is 214 Å². The van der Waals surface area contributed by atoms with Gasteiger partial charge in [0.2, 0.25) is 15.9 Å². The van der Waals surface area contributed by atoms with Crippen LogP contribution in [0.1, 0.15) is 40.7 Å². The highest BCUT2D eigenvalue weighted by atomic mass is 32.2. The molecule has 7 heteroatoms. The first-order valence-corrected chi connectivity index (χ1v) is 13.8. The predicted octanol–water partition coefficient (Wildman–Crippen LogP) is 4.57. The van der Waals surface area contributed by atoms with E-state index in [1.807, 2.05) is 56.3 Å². The SMILES string of the molecule is COc1cc(S(=O)(=O)N2Cc3ccccc3C[C@H]2C(=O)NCCCCc2ccccc2)cc(C)c1C. The number of carbonyl (C=O) groups is 1. The van der Waals surface area contributed by atoms with Crippen molar-refractivity contribution in [2.24, 2.45) is 0 Å². The number of hydrogen-bond donors (Lipinski definition) is 1. The second-order valence-corrected chi connectivity index (χ2v) is 11.2. The van der Waals surface area contributed by atoms with Crippen molar-refractivity contribution in [3.05, 3.63) is 94.5 Å². The van der Waals surface area contributed by atoms with Crippen LogP contribution in [0.4, 0.5) is 0 Å². The van der Waals surface area contributed by atoms with Crippen molar-refractivity contribution in [2.45, 2.75) is 57.0 Å². The molecule has 0 aliphatic carbocycles. The predicted molar refractivity (Wildman–Crippen MR) is 142 cm³/mol. The molecule has 1 aliphatic heterocycles. The largest absolute Gasteiger partial charge is 0.496 e. The Balaban J connectivity index is 1.52. The lowest BCUT2D eigenvalue weighted by molar-refractivity contribution is -0.125. The molecule has 0 unspecified atom stereocenters. The van der Waals surface area contributed by atoms with E-state index in [-0.39, 0.29) is 17.3 Å². The average Bonchev–Trinajstić information content (AvgIpc) is 2.89. The van der Waals surface area contributed by atoms with E-state index >= 15 is 0 Å². The Bertz CT molecular complexity index is 1320. The summed E-state index contributed by atoms with van der Waals surface area (Å²) < 4.78 is 34.5. The van der Waals surface area contributed by atoms with Gasteiger partial charge in [-0.15, -0.1) is 0 Å². The second-order valence-electron chi connectivity index (χ2n) is 9.34. The maximum atomic E-state index is 13.9. The Kier molecular flexibility index (Phi) is 8.11. The molecule has 3 aromatic rings. The fourth-order valence-corrected chi connectivity index (χ4v) is 6.36. The lowest BCUT2D eigenvalue weighted by Crippen LogP contribution is -2.52. The van der Waals surface area contributed by atoms with Crippen molar-refractivity contribution >= 4 is 15.9 Å². The lowest BCUT2D eigenvalue weighted by atomic mass is 9.95. The van der Waals surface area contributed by atoms with Crippen LogP contribution in [-0.4, -0.2) is 38.3 Å². The van der Waals surface area contributed by atoms with Gasteiger partial charge >= 0.3 is 0 Å². The third-order valence-corrected chi connectivity index (χ3v) is 8.79. The quantitative estimate of drug-likeness (QED) is 0.432. The van der Waals surface area contributed by atoms with E-state index < -0.39 is 16.1 Å². The molecule has 1 heterocycles. The number of aryl methyl sites for hydroxylation is 2. The van der Waals surface area contributed by atoms with Crippen molar-refractivity contribution < 1.29 is 17.9 Å². The summed E-state index contributed by atoms with van der Waals surface area (Å²) in [6.07, 6.45) is 3.06. The molecule has 36 heavy (non-hydrogen) atoms. The average molecular weight is 507 g/mol. The van der Waals surface area contributed by atoms with Crippen LogP contribution in [-0.2, 0) is 34.2 Å². The Morgan fingerprint density at radius 1 is 1.00 bits per heavy atom. The van der Waals surface area contributed by atoms with E-state index in [1.54, 1.807) is 12.1 Å². The summed E-state index contributed by atoms with van der Waals surface area (Å²) >= 11 is 0. The van der Waals surface area contributed by atoms with Crippen molar-refractivity contribution in [1.29, 1.82) is 0 Å². The number of amides is 1. The number of rotatable bonds is 9. The van der Waals surface area contributed by atoms with Crippen molar-refractivity contribution in [3.63, 3.8) is 0 Å². The number of carbonyl (C=O) groups excluding carboxylic acids is 1. The smallest absolute Gasteiger partial charge is 0.244 e. The number of unbranched alkanes of at least 4 members (excludes halogenated alkanes) is 1. The van der Waals surface area contributed by atoms with Gasteiger partial charge in [0, 0.05) is 19.2 Å². The van der Waals surface area contributed by atoms with Gasteiger partial charge in [0.1, 0.15) is 11.8 Å². The van der Waals surface area contributed by atoms with Crippen LogP contribution in [0.25, 0.3) is 0 Å². The third-order valence-electron chi connectivity index (χ3n) is 6.96. The monoisotopic (exact) mass is 506 g/mol. The number of sulfonamides is 1. The van der Waals surface area contributed by atoms with Crippen LogP contribution >= 0.6 is 0 Å². The van der Waals surface area contributed by atoms with Crippen LogP contribution in [0.15, 0.2) is 71.6 Å². The molecule has 0 fully saturated rings. The standard InChI is InChI=1S/C29H34N2O4S/c1-21-17-26(19-28(35-3)22(21)2)36(33,34)31-20-25-15-8-7-14-24(25)18-27(31)29(32)30-16-10-9-13-23-11-5-4-6-12-23/h4-8,11-12,14-15,17,19,27H,9-10,13,16,18,20H2,1-3H3,(H,30,32)/t27-/m0/s1. The molecule has 190 valence electrons. The number of methoxy groups -OCH3 is 1. The van der Waals surface area contributed by atoms with Crippen molar-refractivity contribution in [3.8, 4) is 5.75 Å². The fourth-order valence-electron chi connectivity index (χ4n) is 4.69. The minimum Gasteiger partial charge on any atom is -0.496 e. The Morgan fingerprint density at radius 3 is 2.42 bits per heavy atom. The van der Waals surface area contributed by atoms with Gasteiger partial charge in [0.05, 0.1) is 12.0 Å². The summed E-state index contributed by atoms with van der Waals surface area (Å²) in [7, 11) is -2.42. The van der Waals surface area contributed by atoms with E-state index in [0.717, 1.165) is 41.5 Å². The van der Waals surface area contributed by atoms with E-state index in [2.05, 4.69) is 17.4 Å². The van der Waals surface area contributed by atoms with Crippen LogP contribution in [0.2, 0.25) is 0 Å². The molecular weight excluding hydrogens is 472 g/mol. The highest BCUT2D eigenvalue weighted by Gasteiger charge is 2.39. The molecule has 0 bridgehead atoms. The highest BCUT2D eigenvalue weighted by Crippen LogP contribution is 2.32. The zero-order valence-electron chi connectivity index (χ0n) is 21.2. The first kappa shape index (κ1) is 25.9. The Hall–Kier alpha value is -3.16. The van der Waals surface area contributed by atoms with Gasteiger partial charge in [-0.1, -0.05) is 54.6 Å². The molecular formula is C29H34N2O4S. The van der Waals surface area contributed by atoms with Crippen LogP contribution in [0, 0.1) is 13.8 Å². The Morgan fingerprint density at radius 2 is 1.69 bits per heavy atom. The number of hydrogen-bond acceptors (Lipinski definition) is 4. The number of benzene rings is 3. The maximum Gasteiger partial charge on any atom is 0.244 e. The molecule has 0 saturated heterocycles. The maximum absolute atomic E-state index is 13.9. The van der Waals surface area contributed by atoms with E-state index in [4.69, 9.17) is 4.74 Å². The van der Waals surface area contributed by atoms with Gasteiger partial charge in [-0.2, -0.15) is 4.31 Å². The fraction of sp³-hybridized carbons (Fsp3) is 0.345. The van der Waals surface area contributed by atoms with Crippen LogP contribution in [0.3, 0.4) is 0 Å². The van der Waals surface area contributed by atoms with E-state index in [1.165, 1.54) is 17.0 Å². The summed E-state index contributed by atoms with van der Waals surface area (Å²) in [6.45, 7) is 4.42. The zero-order chi connectivity index (χ0) is 25.7. The first-order valence-electron chi connectivity index (χ1n) is 12.4. The molecule has 1 aliphatic rings. The van der Waals surface area contributed by atoms with Crippen molar-refractivity contribution in [2.75, 3.05) is 13.7 Å². The molecule has 0 spiro atoms. The number of ether oxygens (including phenoxy) is 1. The molecule has 0 saturated carbocycles. The molecule has 1 amide bonds. The number of nitrogens with one attached hydrogen (secondary N) is 1. The van der Waals surface area contributed by atoms with Crippen LogP contribution < -0.4 is 10.1 Å². The third kappa shape index (κ3) is 5.63. The topological polar surface area (TPSA) is 75.7 Å². The summed E-state index contributed by atoms with van der Waals surface area (Å²) in [5, 5.41) is 3.00. The number of fused-ring (bicyclic) bond motifs is 1. The van der Waals surface area contributed by atoms with Gasteiger partial charge in [-0.05, 0) is 73.4 Å². The normalized spacial score (nSPS) is 15.8. The minimum atomic E-state index is -3.95. The molecule has 1 N–H and O–H groups in total. The van der Waals surface area contributed by atoms with Gasteiger partial charge in [0.15, 0.2) is 0 Å². The molecule has 0 aromatic heterocycles. The number of nitrogens with zero attached hydrogens (tertiary/aromatic N) is 1. The second kappa shape index (κ2) is 11.3. The molecule has 1 atom stereocenters. The summed E-state index contributed by atoms with van der Waals surface area (Å²) in [4.78, 5) is 13.5. The van der Waals surface area contributed by atoms with Gasteiger partial charge in [-0.3, -0.25) is 4.79 Å². The van der Waals surface area contributed by atoms with E-state index in [9.17, 15) is 13.2 Å². The highest BCUT2D eigenvalue weighted by molar-refractivity contribution is 7.89. The molecule has 6 nitrogen and oxygen atoms in total.